The Balaban J connectivity index is 1.56. The molecule has 0 aromatic heterocycles. The van der Waals surface area contributed by atoms with Crippen molar-refractivity contribution < 1.29 is 13.2 Å². The van der Waals surface area contributed by atoms with E-state index in [1.807, 2.05) is 18.2 Å². The molecule has 134 valence electrons. The molecule has 2 heterocycles. The molecule has 1 saturated carbocycles. The third-order valence-corrected chi connectivity index (χ3v) is 7.71. The number of benzene rings is 2. The third-order valence-electron chi connectivity index (χ3n) is 5.96. The van der Waals surface area contributed by atoms with Gasteiger partial charge in [0.1, 0.15) is 0 Å². The highest BCUT2D eigenvalue weighted by Crippen LogP contribution is 2.57. The minimum Gasteiger partial charge on any atom is -0.312 e. The van der Waals surface area contributed by atoms with Crippen molar-refractivity contribution in [2.45, 2.75) is 36.5 Å². The van der Waals surface area contributed by atoms with Gasteiger partial charge >= 0.3 is 0 Å². The molecule has 0 unspecified atom stereocenters. The van der Waals surface area contributed by atoms with Gasteiger partial charge in [-0.15, -0.1) is 0 Å². The highest BCUT2D eigenvalue weighted by molar-refractivity contribution is 7.92. The predicted molar refractivity (Wildman–Crippen MR) is 100 cm³/mol. The molecule has 1 spiro atoms. The lowest BCUT2D eigenvalue weighted by molar-refractivity contribution is -0.116. The SMILES string of the molecule is CC(=O)N1CCc2cc(S(=O)(=O)N3CC4(CC4)c4ccccc43)ccc21. The number of hydrogen-bond acceptors (Lipinski definition) is 3. The Morgan fingerprint density at radius 3 is 2.58 bits per heavy atom. The van der Waals surface area contributed by atoms with Crippen molar-refractivity contribution in [1.82, 2.24) is 0 Å². The van der Waals surface area contributed by atoms with Crippen LogP contribution in [0.4, 0.5) is 11.4 Å². The second kappa shape index (κ2) is 5.10. The molecule has 1 amide bonds. The van der Waals surface area contributed by atoms with Gasteiger partial charge < -0.3 is 4.90 Å². The van der Waals surface area contributed by atoms with Gasteiger partial charge in [0.2, 0.25) is 5.91 Å². The molecule has 3 aliphatic rings. The van der Waals surface area contributed by atoms with Crippen molar-refractivity contribution in [2.75, 3.05) is 22.3 Å². The van der Waals surface area contributed by atoms with Crippen molar-refractivity contribution in [3.05, 3.63) is 53.6 Å². The van der Waals surface area contributed by atoms with Crippen LogP contribution in [0.1, 0.15) is 30.9 Å². The molecule has 0 saturated heterocycles. The van der Waals surface area contributed by atoms with Crippen LogP contribution in [0.3, 0.4) is 0 Å². The van der Waals surface area contributed by atoms with Crippen LogP contribution in [0.2, 0.25) is 0 Å². The van der Waals surface area contributed by atoms with E-state index in [1.54, 1.807) is 27.4 Å². The van der Waals surface area contributed by atoms with Crippen LogP contribution < -0.4 is 9.21 Å². The van der Waals surface area contributed by atoms with Gasteiger partial charge in [0.05, 0.1) is 10.6 Å². The Bertz CT molecular complexity index is 1040. The predicted octanol–water partition coefficient (Wildman–Crippen LogP) is 2.84. The average Bonchev–Trinajstić information content (AvgIpc) is 3.15. The van der Waals surface area contributed by atoms with Crippen molar-refractivity contribution in [1.29, 1.82) is 0 Å². The average molecular weight is 368 g/mol. The molecule has 1 fully saturated rings. The summed E-state index contributed by atoms with van der Waals surface area (Å²) in [5.41, 5.74) is 3.75. The summed E-state index contributed by atoms with van der Waals surface area (Å²) in [6, 6.07) is 13.0. The number of amides is 1. The molecule has 0 radical (unpaired) electrons. The van der Waals surface area contributed by atoms with E-state index in [2.05, 4.69) is 6.07 Å². The maximum absolute atomic E-state index is 13.4. The number of anilines is 2. The summed E-state index contributed by atoms with van der Waals surface area (Å²) in [5, 5.41) is 0. The molecular weight excluding hydrogens is 348 g/mol. The van der Waals surface area contributed by atoms with Crippen molar-refractivity contribution >= 4 is 27.3 Å². The van der Waals surface area contributed by atoms with Crippen molar-refractivity contribution in [3.8, 4) is 0 Å². The summed E-state index contributed by atoms with van der Waals surface area (Å²) in [4.78, 5) is 13.7. The molecule has 5 rings (SSSR count). The Hall–Kier alpha value is -2.34. The summed E-state index contributed by atoms with van der Waals surface area (Å²) in [5.74, 6) is -0.0106. The molecule has 0 atom stereocenters. The van der Waals surface area contributed by atoms with Crippen LogP contribution in [-0.2, 0) is 26.7 Å². The maximum atomic E-state index is 13.4. The first-order chi connectivity index (χ1) is 12.4. The number of carbonyl (C=O) groups excluding carboxylic acids is 1. The number of nitrogens with zero attached hydrogens (tertiary/aromatic N) is 2. The van der Waals surface area contributed by atoms with Crippen LogP contribution in [0.5, 0.6) is 0 Å². The smallest absolute Gasteiger partial charge is 0.264 e. The fourth-order valence-corrected chi connectivity index (χ4v) is 5.99. The number of fused-ring (bicyclic) bond motifs is 3. The number of rotatable bonds is 2. The van der Waals surface area contributed by atoms with Crippen molar-refractivity contribution in [3.63, 3.8) is 0 Å². The first kappa shape index (κ1) is 15.9. The molecule has 0 bridgehead atoms. The Morgan fingerprint density at radius 2 is 1.85 bits per heavy atom. The quantitative estimate of drug-likeness (QED) is 0.819. The lowest BCUT2D eigenvalue weighted by Crippen LogP contribution is -2.31. The number of carbonyl (C=O) groups is 1. The summed E-state index contributed by atoms with van der Waals surface area (Å²) in [6.45, 7) is 2.69. The van der Waals surface area contributed by atoms with Crippen LogP contribution in [0.15, 0.2) is 47.4 Å². The van der Waals surface area contributed by atoms with Crippen LogP contribution in [0, 0.1) is 0 Å². The number of para-hydroxylation sites is 1. The van der Waals surface area contributed by atoms with E-state index in [0.29, 0.717) is 24.4 Å². The number of hydrogen-bond donors (Lipinski definition) is 0. The molecule has 26 heavy (non-hydrogen) atoms. The topological polar surface area (TPSA) is 57.7 Å². The van der Waals surface area contributed by atoms with Crippen LogP contribution >= 0.6 is 0 Å². The van der Waals surface area contributed by atoms with E-state index >= 15 is 0 Å². The lowest BCUT2D eigenvalue weighted by Gasteiger charge is -2.21. The van der Waals surface area contributed by atoms with Gasteiger partial charge in [-0.1, -0.05) is 18.2 Å². The Labute approximate surface area is 153 Å². The molecule has 5 nitrogen and oxygen atoms in total. The first-order valence-corrected chi connectivity index (χ1v) is 10.4. The summed E-state index contributed by atoms with van der Waals surface area (Å²) >= 11 is 0. The Kier molecular flexibility index (Phi) is 3.11. The highest BCUT2D eigenvalue weighted by Gasteiger charge is 2.54. The molecule has 6 heteroatoms. The fourth-order valence-electron chi connectivity index (χ4n) is 4.37. The molecule has 2 aromatic rings. The van der Waals surface area contributed by atoms with Gasteiger partial charge in [0, 0.05) is 31.1 Å². The van der Waals surface area contributed by atoms with Crippen LogP contribution in [0.25, 0.3) is 0 Å². The standard InChI is InChI=1S/C20H20N2O3S/c1-14(23)21-11-8-15-12-16(6-7-18(15)21)26(24,25)22-13-20(9-10-20)17-4-2-3-5-19(17)22/h2-7,12H,8-11,13H2,1H3. The first-order valence-electron chi connectivity index (χ1n) is 8.96. The second-order valence-electron chi connectivity index (χ2n) is 7.52. The van der Waals surface area contributed by atoms with Gasteiger partial charge in [0.25, 0.3) is 10.0 Å². The van der Waals surface area contributed by atoms with Gasteiger partial charge in [-0.3, -0.25) is 9.10 Å². The van der Waals surface area contributed by atoms with E-state index < -0.39 is 10.0 Å². The normalized spacial score (nSPS) is 19.6. The molecule has 2 aliphatic heterocycles. The minimum absolute atomic E-state index is 0.0106. The zero-order valence-corrected chi connectivity index (χ0v) is 15.4. The van der Waals surface area contributed by atoms with Gasteiger partial charge in [-0.2, -0.15) is 0 Å². The van der Waals surface area contributed by atoms with E-state index in [9.17, 15) is 13.2 Å². The lowest BCUT2D eigenvalue weighted by atomic mass is 9.99. The maximum Gasteiger partial charge on any atom is 0.264 e. The summed E-state index contributed by atoms with van der Waals surface area (Å²) in [7, 11) is -3.61. The second-order valence-corrected chi connectivity index (χ2v) is 9.38. The zero-order chi connectivity index (χ0) is 18.1. The monoisotopic (exact) mass is 368 g/mol. The number of sulfonamides is 1. The van der Waals surface area contributed by atoms with Gasteiger partial charge in [-0.05, 0) is 54.7 Å². The minimum atomic E-state index is -3.61. The van der Waals surface area contributed by atoms with Gasteiger partial charge in [-0.25, -0.2) is 8.42 Å². The summed E-state index contributed by atoms with van der Waals surface area (Å²) in [6.07, 6.45) is 2.79. The summed E-state index contributed by atoms with van der Waals surface area (Å²) < 4.78 is 28.3. The molecular formula is C20H20N2O3S. The Morgan fingerprint density at radius 1 is 1.08 bits per heavy atom. The molecule has 1 aliphatic carbocycles. The zero-order valence-electron chi connectivity index (χ0n) is 14.6. The van der Waals surface area contributed by atoms with Crippen LogP contribution in [-0.4, -0.2) is 27.4 Å². The van der Waals surface area contributed by atoms with Crippen molar-refractivity contribution in [2.24, 2.45) is 0 Å². The van der Waals surface area contributed by atoms with E-state index in [0.717, 1.165) is 35.3 Å². The largest absolute Gasteiger partial charge is 0.312 e. The fraction of sp³-hybridized carbons (Fsp3) is 0.350. The molecule has 2 aromatic carbocycles. The van der Waals surface area contributed by atoms with E-state index in [4.69, 9.17) is 0 Å². The van der Waals surface area contributed by atoms with E-state index in [1.165, 1.54) is 6.92 Å². The third kappa shape index (κ3) is 2.08. The van der Waals surface area contributed by atoms with Gasteiger partial charge in [0.15, 0.2) is 0 Å². The highest BCUT2D eigenvalue weighted by atomic mass is 32.2. The van der Waals surface area contributed by atoms with E-state index in [-0.39, 0.29) is 11.3 Å². The molecule has 0 N–H and O–H groups in total.